The van der Waals surface area contributed by atoms with E-state index in [1.807, 2.05) is 18.2 Å². The number of halogens is 2. The number of pyridine rings is 1. The Morgan fingerprint density at radius 2 is 2.04 bits per heavy atom. The van der Waals surface area contributed by atoms with E-state index in [2.05, 4.69) is 25.8 Å². The second-order valence-corrected chi connectivity index (χ2v) is 6.86. The first-order valence-electron chi connectivity index (χ1n) is 8.74. The minimum atomic E-state index is -2.62. The van der Waals surface area contributed by atoms with E-state index in [9.17, 15) is 18.4 Å². The molecule has 1 aromatic carbocycles. The quantitative estimate of drug-likeness (QED) is 0.607. The lowest BCUT2D eigenvalue weighted by molar-refractivity contribution is -0.115. The molecule has 0 radical (unpaired) electrons. The molecule has 1 aliphatic carbocycles. The molecule has 2 heterocycles. The summed E-state index contributed by atoms with van der Waals surface area (Å²) in [6.45, 7) is 0. The van der Waals surface area contributed by atoms with Crippen molar-refractivity contribution < 1.29 is 18.4 Å². The molecule has 28 heavy (non-hydrogen) atoms. The third-order valence-corrected chi connectivity index (χ3v) is 4.72. The van der Waals surface area contributed by atoms with Gasteiger partial charge in [0, 0.05) is 17.3 Å². The number of carbonyl (C=O) groups excluding carboxylic acids is 2. The minimum absolute atomic E-state index is 0.0244. The number of carbonyl (C=O) groups is 2. The fraction of sp³-hybridized carbons (Fsp3) is 0.263. The van der Waals surface area contributed by atoms with Crippen LogP contribution in [0.1, 0.15) is 28.9 Å². The van der Waals surface area contributed by atoms with E-state index in [1.54, 1.807) is 6.20 Å². The number of rotatable bonds is 6. The number of alkyl halides is 2. The van der Waals surface area contributed by atoms with Gasteiger partial charge < -0.3 is 10.6 Å². The first kappa shape index (κ1) is 18.0. The van der Waals surface area contributed by atoms with Crippen LogP contribution in [-0.2, 0) is 11.2 Å². The van der Waals surface area contributed by atoms with E-state index in [4.69, 9.17) is 0 Å². The largest absolute Gasteiger partial charge is 0.339 e. The molecular formula is C19H17F2N5O2. The molecule has 3 N–H and O–H groups in total. The van der Waals surface area contributed by atoms with Crippen LogP contribution in [0.2, 0.25) is 0 Å². The molecule has 4 rings (SSSR count). The van der Waals surface area contributed by atoms with Gasteiger partial charge in [-0.3, -0.25) is 19.7 Å². The molecule has 0 aliphatic heterocycles. The van der Waals surface area contributed by atoms with Gasteiger partial charge in [0.05, 0.1) is 18.1 Å². The van der Waals surface area contributed by atoms with Crippen molar-refractivity contribution in [1.29, 1.82) is 0 Å². The van der Waals surface area contributed by atoms with Crippen LogP contribution < -0.4 is 10.6 Å². The molecule has 1 fully saturated rings. The van der Waals surface area contributed by atoms with Crippen LogP contribution in [0.4, 0.5) is 14.5 Å². The SMILES string of the molecule is O=C(Cc1ccc2cn[nH]c2c1)Nc1ccnc(C(=O)NC2(C(F)F)CC2)c1. The van der Waals surface area contributed by atoms with Crippen molar-refractivity contribution in [1.82, 2.24) is 20.5 Å². The predicted molar refractivity (Wildman–Crippen MR) is 98.1 cm³/mol. The highest BCUT2D eigenvalue weighted by atomic mass is 19.3. The van der Waals surface area contributed by atoms with Crippen molar-refractivity contribution in [2.24, 2.45) is 0 Å². The summed E-state index contributed by atoms with van der Waals surface area (Å²) < 4.78 is 26.0. The van der Waals surface area contributed by atoms with E-state index in [0.717, 1.165) is 16.5 Å². The Hall–Kier alpha value is -3.36. The molecule has 2 amide bonds. The van der Waals surface area contributed by atoms with Crippen LogP contribution in [-0.4, -0.2) is 39.0 Å². The zero-order valence-electron chi connectivity index (χ0n) is 14.7. The Labute approximate surface area is 158 Å². The van der Waals surface area contributed by atoms with Crippen molar-refractivity contribution in [3.05, 3.63) is 54.0 Å². The molecular weight excluding hydrogens is 368 g/mol. The normalized spacial score (nSPS) is 14.8. The topological polar surface area (TPSA) is 99.8 Å². The van der Waals surface area contributed by atoms with E-state index in [-0.39, 0.29) is 30.9 Å². The van der Waals surface area contributed by atoms with Gasteiger partial charge in [-0.15, -0.1) is 0 Å². The van der Waals surface area contributed by atoms with Crippen molar-refractivity contribution in [2.75, 3.05) is 5.32 Å². The molecule has 1 saturated carbocycles. The van der Waals surface area contributed by atoms with Crippen molar-refractivity contribution in [3.8, 4) is 0 Å². The maximum atomic E-state index is 13.0. The molecule has 0 unspecified atom stereocenters. The van der Waals surface area contributed by atoms with Gasteiger partial charge in [0.1, 0.15) is 11.2 Å². The number of H-pyrrole nitrogens is 1. The van der Waals surface area contributed by atoms with Crippen LogP contribution >= 0.6 is 0 Å². The number of hydrogen-bond acceptors (Lipinski definition) is 4. The monoisotopic (exact) mass is 385 g/mol. The smallest absolute Gasteiger partial charge is 0.270 e. The van der Waals surface area contributed by atoms with Crippen LogP contribution in [0.3, 0.4) is 0 Å². The molecule has 1 aliphatic rings. The lowest BCUT2D eigenvalue weighted by atomic mass is 10.1. The number of nitrogens with one attached hydrogen (secondary N) is 3. The Kier molecular flexibility index (Phi) is 4.50. The van der Waals surface area contributed by atoms with Gasteiger partial charge in [0.15, 0.2) is 0 Å². The highest BCUT2D eigenvalue weighted by molar-refractivity contribution is 5.97. The number of hydrogen-bond donors (Lipinski definition) is 3. The van der Waals surface area contributed by atoms with Crippen LogP contribution in [0.25, 0.3) is 10.9 Å². The second kappa shape index (κ2) is 6.99. The van der Waals surface area contributed by atoms with Gasteiger partial charge in [-0.05, 0) is 36.6 Å². The Morgan fingerprint density at radius 1 is 1.21 bits per heavy atom. The molecule has 9 heteroatoms. The van der Waals surface area contributed by atoms with Crippen LogP contribution in [0, 0.1) is 0 Å². The van der Waals surface area contributed by atoms with E-state index >= 15 is 0 Å². The van der Waals surface area contributed by atoms with Crippen LogP contribution in [0.5, 0.6) is 0 Å². The summed E-state index contributed by atoms with van der Waals surface area (Å²) in [6, 6.07) is 8.45. The fourth-order valence-electron chi connectivity index (χ4n) is 2.94. The Morgan fingerprint density at radius 3 is 2.79 bits per heavy atom. The second-order valence-electron chi connectivity index (χ2n) is 6.86. The lowest BCUT2D eigenvalue weighted by Gasteiger charge is -2.16. The maximum Gasteiger partial charge on any atom is 0.270 e. The molecule has 0 spiro atoms. The lowest BCUT2D eigenvalue weighted by Crippen LogP contribution is -2.42. The molecule has 144 valence electrons. The highest BCUT2D eigenvalue weighted by Gasteiger charge is 2.52. The molecule has 0 atom stereocenters. The summed E-state index contributed by atoms with van der Waals surface area (Å²) in [5.41, 5.74) is 0.539. The van der Waals surface area contributed by atoms with E-state index < -0.39 is 17.9 Å². The van der Waals surface area contributed by atoms with Gasteiger partial charge in [-0.1, -0.05) is 12.1 Å². The number of aromatic amines is 1. The number of amides is 2. The summed E-state index contributed by atoms with van der Waals surface area (Å²) in [4.78, 5) is 28.4. The van der Waals surface area contributed by atoms with Crippen molar-refractivity contribution in [2.45, 2.75) is 31.2 Å². The third-order valence-electron chi connectivity index (χ3n) is 4.72. The Balaban J connectivity index is 1.41. The molecule has 7 nitrogen and oxygen atoms in total. The zero-order valence-corrected chi connectivity index (χ0v) is 14.7. The van der Waals surface area contributed by atoms with Crippen molar-refractivity contribution in [3.63, 3.8) is 0 Å². The predicted octanol–water partition coefficient (Wildman–Crippen LogP) is 2.67. The van der Waals surface area contributed by atoms with E-state index in [1.165, 1.54) is 18.3 Å². The number of benzene rings is 1. The standard InChI is InChI=1S/C19H17F2N5O2/c20-18(21)19(4-5-19)25-17(28)15-9-13(3-6-22-15)24-16(27)8-11-1-2-12-10-23-26-14(12)7-11/h1-3,6-7,9-10,18H,4-5,8H2,(H,23,26)(H,25,28)(H,22,24,27). The fourth-order valence-corrected chi connectivity index (χ4v) is 2.94. The van der Waals surface area contributed by atoms with Gasteiger partial charge in [0.2, 0.25) is 5.91 Å². The average Bonchev–Trinajstić information content (AvgIpc) is 3.30. The van der Waals surface area contributed by atoms with Gasteiger partial charge in [-0.2, -0.15) is 5.10 Å². The summed E-state index contributed by atoms with van der Waals surface area (Å²) in [6.07, 6.45) is 1.05. The number of nitrogens with zero attached hydrogens (tertiary/aromatic N) is 2. The maximum absolute atomic E-state index is 13.0. The molecule has 2 aromatic heterocycles. The number of anilines is 1. The van der Waals surface area contributed by atoms with Gasteiger partial charge >= 0.3 is 0 Å². The molecule has 0 bridgehead atoms. The summed E-state index contributed by atoms with van der Waals surface area (Å²) in [5.74, 6) is -0.957. The highest BCUT2D eigenvalue weighted by Crippen LogP contribution is 2.41. The van der Waals surface area contributed by atoms with Gasteiger partial charge in [0.25, 0.3) is 12.3 Å². The summed E-state index contributed by atoms with van der Waals surface area (Å²) >= 11 is 0. The van der Waals surface area contributed by atoms with Gasteiger partial charge in [-0.25, -0.2) is 8.78 Å². The number of aromatic nitrogens is 3. The molecule has 0 saturated heterocycles. The molecule has 3 aromatic rings. The summed E-state index contributed by atoms with van der Waals surface area (Å²) in [7, 11) is 0. The van der Waals surface area contributed by atoms with Crippen molar-refractivity contribution >= 4 is 28.4 Å². The summed E-state index contributed by atoms with van der Waals surface area (Å²) in [5, 5.41) is 12.8. The first-order valence-corrected chi connectivity index (χ1v) is 8.74. The Bertz CT molecular complexity index is 1050. The first-order chi connectivity index (χ1) is 13.4. The van der Waals surface area contributed by atoms with E-state index in [0.29, 0.717) is 5.69 Å². The number of fused-ring (bicyclic) bond motifs is 1. The average molecular weight is 385 g/mol. The van der Waals surface area contributed by atoms with Crippen LogP contribution in [0.15, 0.2) is 42.7 Å². The minimum Gasteiger partial charge on any atom is -0.339 e. The third kappa shape index (κ3) is 3.68. The zero-order chi connectivity index (χ0) is 19.7.